The smallest absolute Gasteiger partial charge is 0.428 e. The molecule has 150 valence electrons. The minimum atomic E-state index is -1.40. The number of halogens is 3. The van der Waals surface area contributed by atoms with Crippen LogP contribution in [0.5, 0.6) is 0 Å². The van der Waals surface area contributed by atoms with E-state index in [0.29, 0.717) is 11.3 Å². The molecule has 1 aromatic rings. The lowest BCUT2D eigenvalue weighted by Gasteiger charge is -2.20. The van der Waals surface area contributed by atoms with Crippen LogP contribution in [0.1, 0.15) is 17.2 Å². The minimum absolute atomic E-state index is 0.0169. The highest BCUT2D eigenvalue weighted by Crippen LogP contribution is 2.49. The van der Waals surface area contributed by atoms with Crippen LogP contribution in [0.2, 0.25) is 10.0 Å². The first-order valence-electron chi connectivity index (χ1n) is 7.86. The van der Waals surface area contributed by atoms with Crippen molar-refractivity contribution in [2.24, 2.45) is 10.1 Å². The lowest BCUT2D eigenvalue weighted by atomic mass is 9.93. The molecule has 9 nitrogen and oxygen atoms in total. The SMILES string of the molecule is COC(=O)NN=C=C1C(Cl)=Nc2cc(Cl)c(Cl)c([C@@H]3O[C@H](CO)[C@@H](O)[C@H]3O)c21. The molecular weight excluding hydrogens is 437 g/mol. The number of rotatable bonds is 3. The van der Waals surface area contributed by atoms with Gasteiger partial charge in [0.25, 0.3) is 0 Å². The summed E-state index contributed by atoms with van der Waals surface area (Å²) in [5.74, 6) is 2.53. The summed E-state index contributed by atoms with van der Waals surface area (Å²) < 4.78 is 9.98. The molecular formula is C16H14Cl3N3O6. The molecule has 1 fully saturated rings. The zero-order chi connectivity index (χ0) is 20.6. The second-order valence-corrected chi connectivity index (χ2v) is 6.99. The van der Waals surface area contributed by atoms with Gasteiger partial charge >= 0.3 is 6.09 Å². The summed E-state index contributed by atoms with van der Waals surface area (Å²) in [5, 5.41) is 33.6. The van der Waals surface area contributed by atoms with Gasteiger partial charge in [-0.25, -0.2) is 15.2 Å². The number of aliphatic imine (C=N–C) groups is 1. The molecule has 12 heteroatoms. The molecule has 0 bridgehead atoms. The van der Waals surface area contributed by atoms with Crippen molar-refractivity contribution in [3.63, 3.8) is 0 Å². The topological polar surface area (TPSA) is 133 Å². The third-order valence-electron chi connectivity index (χ3n) is 4.24. The van der Waals surface area contributed by atoms with Crippen molar-refractivity contribution in [3.05, 3.63) is 27.2 Å². The largest absolute Gasteiger partial charge is 0.452 e. The van der Waals surface area contributed by atoms with Crippen molar-refractivity contribution >= 4 is 63.2 Å². The number of allylic oxidation sites excluding steroid dienone is 1. The second-order valence-electron chi connectivity index (χ2n) is 5.84. The molecule has 1 aromatic carbocycles. The van der Waals surface area contributed by atoms with Gasteiger partial charge in [0.1, 0.15) is 29.6 Å². The lowest BCUT2D eigenvalue weighted by Crippen LogP contribution is -2.32. The maximum atomic E-state index is 11.2. The van der Waals surface area contributed by atoms with Crippen molar-refractivity contribution in [1.29, 1.82) is 0 Å². The van der Waals surface area contributed by atoms with E-state index in [4.69, 9.17) is 39.5 Å². The molecule has 28 heavy (non-hydrogen) atoms. The Morgan fingerprint density at radius 2 is 2.11 bits per heavy atom. The Bertz CT molecular complexity index is 915. The van der Waals surface area contributed by atoms with Crippen LogP contribution in [0.4, 0.5) is 10.5 Å². The van der Waals surface area contributed by atoms with E-state index < -0.39 is 37.1 Å². The Kier molecular flexibility index (Phi) is 6.28. The molecule has 0 radical (unpaired) electrons. The quantitative estimate of drug-likeness (QED) is 0.410. The van der Waals surface area contributed by atoms with Gasteiger partial charge in [-0.05, 0) is 6.07 Å². The van der Waals surface area contributed by atoms with Crippen LogP contribution < -0.4 is 5.43 Å². The third kappa shape index (κ3) is 3.63. The van der Waals surface area contributed by atoms with Gasteiger partial charge in [0.15, 0.2) is 0 Å². The number of hydrazone groups is 1. The maximum absolute atomic E-state index is 11.2. The number of hydrogen-bond donors (Lipinski definition) is 4. The predicted molar refractivity (Wildman–Crippen MR) is 103 cm³/mol. The van der Waals surface area contributed by atoms with Gasteiger partial charge in [-0.15, -0.1) is 5.10 Å². The molecule has 4 atom stereocenters. The number of amides is 1. The number of benzene rings is 1. The van der Waals surface area contributed by atoms with Crippen LogP contribution in [0, 0.1) is 0 Å². The molecule has 3 rings (SSSR count). The lowest BCUT2D eigenvalue weighted by molar-refractivity contribution is -0.0227. The Hall–Kier alpha value is -1.68. The highest BCUT2D eigenvalue weighted by molar-refractivity contribution is 6.79. The molecule has 0 unspecified atom stereocenters. The van der Waals surface area contributed by atoms with Crippen LogP contribution in [-0.2, 0) is 9.47 Å². The normalized spacial score (nSPS) is 25.8. The molecule has 2 aliphatic rings. The number of methoxy groups -OCH3 is 1. The summed E-state index contributed by atoms with van der Waals surface area (Å²) in [5.41, 5.74) is 3.03. The summed E-state index contributed by atoms with van der Waals surface area (Å²) in [7, 11) is 1.17. The van der Waals surface area contributed by atoms with E-state index in [1.807, 2.05) is 0 Å². The Morgan fingerprint density at radius 3 is 2.71 bits per heavy atom. The number of ether oxygens (including phenoxy) is 2. The molecule has 0 saturated carbocycles. The standard InChI is InChI=1S/C16H14Cl3N3O6/c1-27-16(26)22-20-3-5-9-7(21-15(5)19)2-6(17)11(18)10(9)14-13(25)12(24)8(4-23)28-14/h2,8,12-14,23-25H,4H2,1H3,(H,22,26)/t8-,12-,13-,14+/m1/s1. The molecule has 0 spiro atoms. The van der Waals surface area contributed by atoms with E-state index in [9.17, 15) is 20.1 Å². The number of carbonyl (C=O) groups excluding carboxylic acids is 1. The molecule has 1 saturated heterocycles. The molecule has 2 aliphatic heterocycles. The zero-order valence-corrected chi connectivity index (χ0v) is 16.5. The van der Waals surface area contributed by atoms with Gasteiger partial charge in [0.2, 0.25) is 0 Å². The average Bonchev–Trinajstić information content (AvgIpc) is 3.13. The number of fused-ring (bicyclic) bond motifs is 1. The number of aliphatic hydroxyl groups excluding tert-OH is 3. The van der Waals surface area contributed by atoms with Gasteiger partial charge in [-0.1, -0.05) is 34.8 Å². The number of nitrogens with zero attached hydrogens (tertiary/aromatic N) is 2. The van der Waals surface area contributed by atoms with Crippen LogP contribution in [-0.4, -0.2) is 64.5 Å². The van der Waals surface area contributed by atoms with Crippen LogP contribution >= 0.6 is 34.8 Å². The van der Waals surface area contributed by atoms with Gasteiger partial charge in [0, 0.05) is 17.0 Å². The third-order valence-corrected chi connectivity index (χ3v) is 5.31. The number of hydrogen-bond acceptors (Lipinski definition) is 8. The summed E-state index contributed by atoms with van der Waals surface area (Å²) >= 11 is 18.7. The molecule has 0 aliphatic carbocycles. The number of nitrogens with one attached hydrogen (secondary N) is 1. The number of aliphatic hydroxyl groups is 3. The van der Waals surface area contributed by atoms with Crippen LogP contribution in [0.3, 0.4) is 0 Å². The maximum Gasteiger partial charge on any atom is 0.428 e. The predicted octanol–water partition coefficient (Wildman–Crippen LogP) is 1.75. The Labute approximate surface area is 173 Å². The summed E-state index contributed by atoms with van der Waals surface area (Å²) in [6.07, 6.45) is -5.72. The highest BCUT2D eigenvalue weighted by atomic mass is 35.5. The summed E-state index contributed by atoms with van der Waals surface area (Å²) in [6.45, 7) is -0.514. The van der Waals surface area contributed by atoms with Crippen molar-refractivity contribution in [2.45, 2.75) is 24.4 Å². The van der Waals surface area contributed by atoms with E-state index >= 15 is 0 Å². The van der Waals surface area contributed by atoms with Crippen LogP contribution in [0.25, 0.3) is 5.57 Å². The molecule has 0 aromatic heterocycles. The van der Waals surface area contributed by atoms with Crippen molar-refractivity contribution < 1.29 is 29.6 Å². The first kappa shape index (κ1) is 21.0. The van der Waals surface area contributed by atoms with E-state index in [2.05, 4.69) is 26.1 Å². The Balaban J connectivity index is 2.14. The van der Waals surface area contributed by atoms with Crippen molar-refractivity contribution in [1.82, 2.24) is 5.43 Å². The first-order valence-corrected chi connectivity index (χ1v) is 8.99. The average molecular weight is 451 g/mol. The van der Waals surface area contributed by atoms with E-state index in [1.54, 1.807) is 0 Å². The Morgan fingerprint density at radius 1 is 1.39 bits per heavy atom. The fraction of sp³-hybridized carbons (Fsp3) is 0.375. The monoisotopic (exact) mass is 449 g/mol. The van der Waals surface area contributed by atoms with E-state index in [-0.39, 0.29) is 26.4 Å². The first-order chi connectivity index (χ1) is 13.3. The van der Waals surface area contributed by atoms with Crippen molar-refractivity contribution in [2.75, 3.05) is 13.7 Å². The van der Waals surface area contributed by atoms with Gasteiger partial charge < -0.3 is 24.8 Å². The van der Waals surface area contributed by atoms with Crippen LogP contribution in [0.15, 0.2) is 16.2 Å². The fourth-order valence-electron chi connectivity index (χ4n) is 2.93. The second kappa shape index (κ2) is 8.36. The summed E-state index contributed by atoms with van der Waals surface area (Å²) in [4.78, 5) is 15.3. The highest BCUT2D eigenvalue weighted by Gasteiger charge is 2.46. The van der Waals surface area contributed by atoms with Gasteiger partial charge in [-0.2, -0.15) is 0 Å². The van der Waals surface area contributed by atoms with E-state index in [1.165, 1.54) is 13.2 Å². The fourth-order valence-corrected chi connectivity index (χ4v) is 3.62. The zero-order valence-electron chi connectivity index (χ0n) is 14.2. The van der Waals surface area contributed by atoms with Crippen molar-refractivity contribution in [3.8, 4) is 0 Å². The molecule has 4 N–H and O–H groups in total. The molecule has 2 heterocycles. The van der Waals surface area contributed by atoms with E-state index in [0.717, 1.165) is 0 Å². The summed E-state index contributed by atoms with van der Waals surface area (Å²) in [6, 6.07) is 1.45. The van der Waals surface area contributed by atoms with Gasteiger partial charge in [-0.3, -0.25) is 0 Å². The molecule has 1 amide bonds. The minimum Gasteiger partial charge on any atom is -0.452 e. The van der Waals surface area contributed by atoms with Gasteiger partial charge in [0.05, 0.1) is 35.0 Å². The number of carbonyl (C=O) groups is 1.